The lowest BCUT2D eigenvalue weighted by molar-refractivity contribution is 0.141. The molecule has 4 heterocycles. The van der Waals surface area contributed by atoms with Crippen LogP contribution in [0.4, 0.5) is 10.1 Å². The maximum Gasteiger partial charge on any atom is 0.216 e. The van der Waals surface area contributed by atoms with Crippen molar-refractivity contribution in [3.63, 3.8) is 0 Å². The molecular weight excluding hydrogens is 453 g/mol. The van der Waals surface area contributed by atoms with Crippen molar-refractivity contribution < 1.29 is 13.9 Å². The third-order valence-corrected chi connectivity index (χ3v) is 4.89. The molecule has 1 aliphatic rings. The number of hydrazone groups is 1. The first-order valence-corrected chi connectivity index (χ1v) is 10.2. The Labute approximate surface area is 181 Å². The molecular formula is C21H19BrFN5O2. The summed E-state index contributed by atoms with van der Waals surface area (Å²) in [4.78, 5) is 12.3. The summed E-state index contributed by atoms with van der Waals surface area (Å²) in [7, 11) is 0. The highest BCUT2D eigenvalue weighted by Crippen LogP contribution is 2.27. The van der Waals surface area contributed by atoms with Crippen LogP contribution in [0.15, 0.2) is 64.7 Å². The van der Waals surface area contributed by atoms with E-state index in [-0.39, 0.29) is 6.10 Å². The maximum absolute atomic E-state index is 13.7. The topological polar surface area (TPSA) is 81.5 Å². The Kier molecular flexibility index (Phi) is 6.60. The molecule has 30 heavy (non-hydrogen) atoms. The van der Waals surface area contributed by atoms with Gasteiger partial charge in [-0.2, -0.15) is 9.49 Å². The zero-order valence-electron chi connectivity index (χ0n) is 16.0. The molecule has 0 spiro atoms. The van der Waals surface area contributed by atoms with E-state index in [4.69, 9.17) is 9.47 Å². The van der Waals surface area contributed by atoms with Crippen LogP contribution in [0.3, 0.4) is 0 Å². The predicted octanol–water partition coefficient (Wildman–Crippen LogP) is 4.00. The van der Waals surface area contributed by atoms with Crippen LogP contribution in [0, 0.1) is 5.95 Å². The first-order chi connectivity index (χ1) is 14.7. The minimum absolute atomic E-state index is 0.125. The van der Waals surface area contributed by atoms with E-state index in [9.17, 15) is 4.39 Å². The molecule has 0 aliphatic carbocycles. The molecule has 1 atom stereocenters. The smallest absolute Gasteiger partial charge is 0.216 e. The normalized spacial score (nSPS) is 16.5. The summed E-state index contributed by atoms with van der Waals surface area (Å²) in [6, 6.07) is 10.7. The standard InChI is InChI=1S/C21H19BrFN5O2/c22-20-9-14(4-7-25-20)17(10-15-3-1-2-6-24-15)27-28-18-12-26-21(23)11-19(18)30-16-5-8-29-13-16/h1-4,6-7,9,11-12,16,28H,5,8,10,13H2/b27-17-/t16-/m0/s1. The second-order valence-corrected chi connectivity index (χ2v) is 7.45. The summed E-state index contributed by atoms with van der Waals surface area (Å²) < 4.78 is 25.6. The number of ether oxygens (including phenoxy) is 2. The Morgan fingerprint density at radius 2 is 2.17 bits per heavy atom. The number of anilines is 1. The summed E-state index contributed by atoms with van der Waals surface area (Å²) in [5, 5.41) is 4.57. The van der Waals surface area contributed by atoms with Gasteiger partial charge in [-0.1, -0.05) is 6.07 Å². The number of nitrogens with zero attached hydrogens (tertiary/aromatic N) is 4. The maximum atomic E-state index is 13.7. The van der Waals surface area contributed by atoms with E-state index in [0.29, 0.717) is 35.7 Å². The SMILES string of the molecule is Fc1cc(O[C@H]2CCOC2)c(N/N=C(/Cc2ccccn2)c2ccnc(Br)c2)cn1. The van der Waals surface area contributed by atoms with Gasteiger partial charge >= 0.3 is 0 Å². The average Bonchev–Trinajstić information content (AvgIpc) is 3.26. The highest BCUT2D eigenvalue weighted by atomic mass is 79.9. The van der Waals surface area contributed by atoms with E-state index in [1.165, 1.54) is 12.3 Å². The van der Waals surface area contributed by atoms with Gasteiger partial charge in [0.25, 0.3) is 0 Å². The highest BCUT2D eigenvalue weighted by molar-refractivity contribution is 9.10. The number of pyridine rings is 3. The summed E-state index contributed by atoms with van der Waals surface area (Å²) in [6.45, 7) is 1.10. The van der Waals surface area contributed by atoms with Crippen LogP contribution < -0.4 is 10.2 Å². The van der Waals surface area contributed by atoms with E-state index < -0.39 is 5.95 Å². The van der Waals surface area contributed by atoms with Crippen LogP contribution in [-0.2, 0) is 11.2 Å². The molecule has 1 N–H and O–H groups in total. The van der Waals surface area contributed by atoms with E-state index in [0.717, 1.165) is 23.4 Å². The van der Waals surface area contributed by atoms with Crippen LogP contribution in [-0.4, -0.2) is 40.0 Å². The van der Waals surface area contributed by atoms with Crippen molar-refractivity contribution >= 4 is 27.3 Å². The second-order valence-electron chi connectivity index (χ2n) is 6.64. The van der Waals surface area contributed by atoms with E-state index in [1.54, 1.807) is 12.4 Å². The van der Waals surface area contributed by atoms with Crippen LogP contribution in [0.5, 0.6) is 5.75 Å². The third-order valence-electron chi connectivity index (χ3n) is 4.46. The van der Waals surface area contributed by atoms with Crippen LogP contribution in [0.25, 0.3) is 0 Å². The molecule has 154 valence electrons. The van der Waals surface area contributed by atoms with Crippen molar-refractivity contribution in [2.45, 2.75) is 18.9 Å². The molecule has 0 amide bonds. The van der Waals surface area contributed by atoms with Gasteiger partial charge in [-0.25, -0.2) is 9.97 Å². The first kappa shape index (κ1) is 20.4. The Morgan fingerprint density at radius 3 is 2.93 bits per heavy atom. The molecule has 0 radical (unpaired) electrons. The fourth-order valence-electron chi connectivity index (χ4n) is 2.97. The van der Waals surface area contributed by atoms with Gasteiger partial charge in [-0.15, -0.1) is 0 Å². The van der Waals surface area contributed by atoms with Gasteiger partial charge in [0.15, 0.2) is 5.75 Å². The molecule has 1 saturated heterocycles. The molecule has 1 aliphatic heterocycles. The van der Waals surface area contributed by atoms with E-state index in [2.05, 4.69) is 41.4 Å². The fraction of sp³-hybridized carbons (Fsp3) is 0.238. The van der Waals surface area contributed by atoms with Gasteiger partial charge in [0.1, 0.15) is 16.4 Å². The lowest BCUT2D eigenvalue weighted by Gasteiger charge is -2.15. The lowest BCUT2D eigenvalue weighted by Crippen LogP contribution is -2.17. The van der Waals surface area contributed by atoms with Crippen molar-refractivity contribution in [2.75, 3.05) is 18.6 Å². The molecule has 0 aromatic carbocycles. The van der Waals surface area contributed by atoms with Crippen molar-refractivity contribution in [1.29, 1.82) is 0 Å². The predicted molar refractivity (Wildman–Crippen MR) is 114 cm³/mol. The zero-order chi connectivity index (χ0) is 20.8. The molecule has 9 heteroatoms. The molecule has 7 nitrogen and oxygen atoms in total. The molecule has 3 aromatic rings. The lowest BCUT2D eigenvalue weighted by atomic mass is 10.1. The van der Waals surface area contributed by atoms with Crippen LogP contribution in [0.1, 0.15) is 17.7 Å². The monoisotopic (exact) mass is 471 g/mol. The third kappa shape index (κ3) is 5.37. The van der Waals surface area contributed by atoms with Gasteiger partial charge in [0, 0.05) is 42.6 Å². The van der Waals surface area contributed by atoms with E-state index >= 15 is 0 Å². The summed E-state index contributed by atoms with van der Waals surface area (Å²) in [6.07, 6.45) is 5.92. The van der Waals surface area contributed by atoms with Gasteiger partial charge < -0.3 is 9.47 Å². The van der Waals surface area contributed by atoms with Crippen molar-refractivity contribution in [3.05, 3.63) is 76.8 Å². The number of halogens is 2. The van der Waals surface area contributed by atoms with Crippen LogP contribution in [0.2, 0.25) is 0 Å². The number of rotatable bonds is 7. The van der Waals surface area contributed by atoms with Crippen molar-refractivity contribution in [2.24, 2.45) is 5.10 Å². The minimum atomic E-state index is -0.620. The average molecular weight is 472 g/mol. The Balaban J connectivity index is 1.62. The number of aromatic nitrogens is 3. The Morgan fingerprint density at radius 1 is 1.23 bits per heavy atom. The summed E-state index contributed by atoms with van der Waals surface area (Å²) in [5.41, 5.74) is 5.92. The first-order valence-electron chi connectivity index (χ1n) is 9.42. The minimum Gasteiger partial charge on any atom is -0.485 e. The molecule has 0 saturated carbocycles. The van der Waals surface area contributed by atoms with Gasteiger partial charge in [-0.05, 0) is 40.2 Å². The summed E-state index contributed by atoms with van der Waals surface area (Å²) in [5.74, 6) is -0.278. The van der Waals surface area contributed by atoms with Crippen molar-refractivity contribution in [3.8, 4) is 5.75 Å². The van der Waals surface area contributed by atoms with Crippen molar-refractivity contribution in [1.82, 2.24) is 15.0 Å². The number of hydrogen-bond donors (Lipinski definition) is 1. The zero-order valence-corrected chi connectivity index (χ0v) is 17.5. The highest BCUT2D eigenvalue weighted by Gasteiger charge is 2.19. The largest absolute Gasteiger partial charge is 0.485 e. The molecule has 1 fully saturated rings. The number of hydrogen-bond acceptors (Lipinski definition) is 7. The van der Waals surface area contributed by atoms with Gasteiger partial charge in [0.2, 0.25) is 5.95 Å². The molecule has 0 bridgehead atoms. The molecule has 0 unspecified atom stereocenters. The molecule has 3 aromatic heterocycles. The summed E-state index contributed by atoms with van der Waals surface area (Å²) >= 11 is 3.39. The van der Waals surface area contributed by atoms with Gasteiger partial charge in [0.05, 0.1) is 25.1 Å². The van der Waals surface area contributed by atoms with Gasteiger partial charge in [-0.3, -0.25) is 10.4 Å². The Hall–Kier alpha value is -2.91. The second kappa shape index (κ2) is 9.73. The fourth-order valence-corrected chi connectivity index (χ4v) is 3.33. The quantitative estimate of drug-likeness (QED) is 0.318. The Bertz CT molecular complexity index is 1030. The van der Waals surface area contributed by atoms with E-state index in [1.807, 2.05) is 30.3 Å². The number of nitrogens with one attached hydrogen (secondary N) is 1. The molecule has 4 rings (SSSR count). The van der Waals surface area contributed by atoms with Crippen LogP contribution >= 0.6 is 15.9 Å².